The van der Waals surface area contributed by atoms with Gasteiger partial charge in [0.15, 0.2) is 0 Å². The number of rotatable bonds is 20. The van der Waals surface area contributed by atoms with Crippen molar-refractivity contribution < 1.29 is 14.6 Å². The Morgan fingerprint density at radius 2 is 1.03 bits per heavy atom. The first-order valence-corrected chi connectivity index (χ1v) is 15.9. The Kier molecular flexibility index (Phi) is 16.5. The predicted molar refractivity (Wildman–Crippen MR) is 164 cm³/mol. The smallest absolute Gasteiger partial charge is 0.317 e. The van der Waals surface area contributed by atoms with Crippen LogP contribution in [0.25, 0.3) is 0 Å². The first-order chi connectivity index (χ1) is 17.9. The van der Waals surface area contributed by atoms with Gasteiger partial charge in [0.05, 0.1) is 11.5 Å². The molecule has 0 aromatic heterocycles. The maximum atomic E-state index is 13.5. The molecule has 1 N–H and O–H groups in total. The van der Waals surface area contributed by atoms with Gasteiger partial charge >= 0.3 is 5.97 Å². The molecule has 1 atom stereocenters. The second-order valence-corrected chi connectivity index (χ2v) is 13.6. The molecule has 0 aliphatic heterocycles. The van der Waals surface area contributed by atoms with Crippen LogP contribution in [0.1, 0.15) is 158 Å². The monoisotopic (exact) mass is 530 g/mol. The summed E-state index contributed by atoms with van der Waals surface area (Å²) in [4.78, 5) is 13.5. The van der Waals surface area contributed by atoms with Crippen molar-refractivity contribution in [2.75, 3.05) is 0 Å². The van der Waals surface area contributed by atoms with Gasteiger partial charge in [0, 0.05) is 0 Å². The highest BCUT2D eigenvalue weighted by molar-refractivity contribution is 5.76. The maximum Gasteiger partial charge on any atom is 0.317 e. The lowest BCUT2D eigenvalue weighted by Gasteiger charge is -2.53. The number of hydrogen-bond acceptors (Lipinski definition) is 3. The number of unbranched alkanes of at least 4 members (excludes halogenated alkanes) is 15. The van der Waals surface area contributed by atoms with Crippen molar-refractivity contribution in [3.8, 4) is 5.75 Å². The Morgan fingerprint density at radius 3 is 1.39 bits per heavy atom. The van der Waals surface area contributed by atoms with Crippen molar-refractivity contribution in [1.29, 1.82) is 0 Å². The lowest BCUT2D eigenvalue weighted by molar-refractivity contribution is -0.193. The van der Waals surface area contributed by atoms with Crippen molar-refractivity contribution in [2.24, 2.45) is 16.7 Å². The molecule has 3 nitrogen and oxygen atoms in total. The molecule has 0 amide bonds. The third-order valence-electron chi connectivity index (χ3n) is 8.38. The summed E-state index contributed by atoms with van der Waals surface area (Å²) in [7, 11) is 0. The van der Waals surface area contributed by atoms with Gasteiger partial charge in [-0.05, 0) is 29.4 Å². The number of ether oxygens (including phenoxy) is 1. The lowest BCUT2D eigenvalue weighted by atomic mass is 9.56. The number of carbonyl (C=O) groups excluding carboxylic acids is 1. The summed E-state index contributed by atoms with van der Waals surface area (Å²) in [5.74, 6) is -0.349. The van der Waals surface area contributed by atoms with Gasteiger partial charge in [0.1, 0.15) is 5.75 Å². The SMILES string of the molecule is CCCCCCCCCCCCCCCCCCC(C(=O)Oc1ccccc1)C(O)(C(C)(C)C)C(C)(C)C. The number of hydrogen-bond donors (Lipinski definition) is 1. The average Bonchev–Trinajstić information content (AvgIpc) is 2.84. The van der Waals surface area contributed by atoms with Crippen LogP contribution >= 0.6 is 0 Å². The van der Waals surface area contributed by atoms with E-state index in [-0.39, 0.29) is 5.97 Å². The number of aliphatic hydroxyl groups is 1. The van der Waals surface area contributed by atoms with Gasteiger partial charge in [-0.25, -0.2) is 0 Å². The minimum Gasteiger partial charge on any atom is -0.426 e. The van der Waals surface area contributed by atoms with Gasteiger partial charge in [-0.1, -0.05) is 169 Å². The van der Waals surface area contributed by atoms with Crippen LogP contribution in [-0.4, -0.2) is 16.7 Å². The molecule has 0 saturated heterocycles. The second kappa shape index (κ2) is 18.1. The zero-order valence-electron chi connectivity index (χ0n) is 26.2. The standard InChI is InChI=1S/C35H62O3/c1-8-9-10-11-12-13-14-15-16-17-18-19-20-21-22-26-29-31(32(36)38-30-27-24-23-25-28-30)35(37,33(2,3)4)34(5,6)7/h23-25,27-28,31,37H,8-22,26,29H2,1-7H3. The molecule has 1 aromatic rings. The Morgan fingerprint density at radius 1 is 0.658 bits per heavy atom. The molecule has 3 heteroatoms. The second-order valence-electron chi connectivity index (χ2n) is 13.6. The van der Waals surface area contributed by atoms with E-state index in [0.29, 0.717) is 12.2 Å². The maximum absolute atomic E-state index is 13.5. The highest BCUT2D eigenvalue weighted by Crippen LogP contribution is 2.50. The van der Waals surface area contributed by atoms with E-state index in [1.807, 2.05) is 59.7 Å². The van der Waals surface area contributed by atoms with Gasteiger partial charge in [0.25, 0.3) is 0 Å². The zero-order valence-corrected chi connectivity index (χ0v) is 26.2. The van der Waals surface area contributed by atoms with E-state index in [2.05, 4.69) is 6.92 Å². The van der Waals surface area contributed by atoms with Crippen molar-refractivity contribution >= 4 is 5.97 Å². The van der Waals surface area contributed by atoms with E-state index in [1.54, 1.807) is 12.1 Å². The summed E-state index contributed by atoms with van der Waals surface area (Å²) in [5, 5.41) is 12.1. The Hall–Kier alpha value is -1.35. The molecular weight excluding hydrogens is 468 g/mol. The highest BCUT2D eigenvalue weighted by atomic mass is 16.5. The minimum atomic E-state index is -1.19. The van der Waals surface area contributed by atoms with Crippen LogP contribution in [-0.2, 0) is 4.79 Å². The molecule has 0 fully saturated rings. The number of benzene rings is 1. The largest absolute Gasteiger partial charge is 0.426 e. The lowest BCUT2D eigenvalue weighted by Crippen LogP contribution is -2.60. The van der Waals surface area contributed by atoms with E-state index in [4.69, 9.17) is 4.74 Å². The van der Waals surface area contributed by atoms with Crippen LogP contribution in [0.15, 0.2) is 30.3 Å². The Labute approximate surface area is 236 Å². The normalized spacial score (nSPS) is 13.5. The fraction of sp³-hybridized carbons (Fsp3) is 0.800. The van der Waals surface area contributed by atoms with Gasteiger partial charge in [-0.15, -0.1) is 0 Å². The van der Waals surface area contributed by atoms with Crippen molar-refractivity contribution in [1.82, 2.24) is 0 Å². The highest BCUT2D eigenvalue weighted by Gasteiger charge is 2.57. The van der Waals surface area contributed by atoms with Gasteiger partial charge < -0.3 is 9.84 Å². The fourth-order valence-corrected chi connectivity index (χ4v) is 6.24. The molecule has 1 aromatic carbocycles. The summed E-state index contributed by atoms with van der Waals surface area (Å²) in [5.41, 5.74) is -2.14. The number of carbonyl (C=O) groups is 1. The topological polar surface area (TPSA) is 46.5 Å². The first kappa shape index (κ1) is 34.7. The van der Waals surface area contributed by atoms with Gasteiger partial charge in [-0.3, -0.25) is 4.79 Å². The third-order valence-corrected chi connectivity index (χ3v) is 8.38. The molecule has 0 spiro atoms. The van der Waals surface area contributed by atoms with Crippen molar-refractivity contribution in [3.63, 3.8) is 0 Å². The molecule has 220 valence electrons. The summed E-state index contributed by atoms with van der Waals surface area (Å²) in [6.45, 7) is 14.5. The van der Waals surface area contributed by atoms with Crippen LogP contribution in [0.3, 0.4) is 0 Å². The summed E-state index contributed by atoms with van der Waals surface area (Å²) >= 11 is 0. The van der Waals surface area contributed by atoms with Crippen LogP contribution in [0, 0.1) is 16.7 Å². The molecule has 1 rings (SSSR count). The van der Waals surface area contributed by atoms with Crippen LogP contribution in [0.5, 0.6) is 5.75 Å². The van der Waals surface area contributed by atoms with Gasteiger partial charge in [-0.2, -0.15) is 0 Å². The minimum absolute atomic E-state index is 0.315. The molecule has 0 heterocycles. The summed E-state index contributed by atoms with van der Waals surface area (Å²) < 4.78 is 5.79. The molecular formula is C35H62O3. The molecule has 0 saturated carbocycles. The van der Waals surface area contributed by atoms with Crippen LogP contribution in [0.2, 0.25) is 0 Å². The summed E-state index contributed by atoms with van der Waals surface area (Å²) in [6.07, 6.45) is 21.8. The Bertz CT molecular complexity index is 712. The molecule has 0 aliphatic carbocycles. The van der Waals surface area contributed by atoms with E-state index >= 15 is 0 Å². The van der Waals surface area contributed by atoms with Crippen molar-refractivity contribution in [2.45, 2.75) is 163 Å². The fourth-order valence-electron chi connectivity index (χ4n) is 6.24. The third kappa shape index (κ3) is 12.2. The molecule has 0 bridgehead atoms. The van der Waals surface area contributed by atoms with Crippen LogP contribution in [0.4, 0.5) is 0 Å². The quantitative estimate of drug-likeness (QED) is 0.104. The number of esters is 1. The molecule has 1 unspecified atom stereocenters. The first-order valence-electron chi connectivity index (χ1n) is 15.9. The van der Waals surface area contributed by atoms with E-state index in [9.17, 15) is 9.90 Å². The summed E-state index contributed by atoms with van der Waals surface area (Å²) in [6, 6.07) is 9.25. The molecule has 0 radical (unpaired) electrons. The zero-order chi connectivity index (χ0) is 28.5. The predicted octanol–water partition coefficient (Wildman–Crippen LogP) is 10.7. The molecule has 38 heavy (non-hydrogen) atoms. The van der Waals surface area contributed by atoms with E-state index in [0.717, 1.165) is 12.8 Å². The van der Waals surface area contributed by atoms with Crippen molar-refractivity contribution in [3.05, 3.63) is 30.3 Å². The van der Waals surface area contributed by atoms with E-state index < -0.39 is 22.3 Å². The van der Waals surface area contributed by atoms with Crippen LogP contribution < -0.4 is 4.74 Å². The Balaban J connectivity index is 2.43. The number of para-hydroxylation sites is 1. The van der Waals surface area contributed by atoms with E-state index in [1.165, 1.54) is 89.9 Å². The molecule has 0 aliphatic rings. The van der Waals surface area contributed by atoms with Gasteiger partial charge in [0.2, 0.25) is 0 Å². The average molecular weight is 531 g/mol.